The molecular formula is C24H28N6O3. The number of nitrogens with one attached hydrogen (secondary N) is 1. The van der Waals surface area contributed by atoms with Crippen LogP contribution in [0.5, 0.6) is 0 Å². The Morgan fingerprint density at radius 3 is 2.73 bits per heavy atom. The summed E-state index contributed by atoms with van der Waals surface area (Å²) in [5, 5.41) is 0. The lowest BCUT2D eigenvalue weighted by Crippen LogP contribution is -2.41. The highest BCUT2D eigenvalue weighted by Crippen LogP contribution is 2.26. The molecule has 1 N–H and O–H groups in total. The predicted molar refractivity (Wildman–Crippen MR) is 122 cm³/mol. The fourth-order valence-corrected chi connectivity index (χ4v) is 4.53. The van der Waals surface area contributed by atoms with Crippen LogP contribution in [-0.4, -0.2) is 80.9 Å². The summed E-state index contributed by atoms with van der Waals surface area (Å²) in [7, 11) is 0. The molecule has 1 atom stereocenters. The topological polar surface area (TPSA) is 104 Å². The Bertz CT molecular complexity index is 1140. The van der Waals surface area contributed by atoms with Crippen LogP contribution in [0.1, 0.15) is 46.5 Å². The Kier molecular flexibility index (Phi) is 6.04. The van der Waals surface area contributed by atoms with Crippen LogP contribution < -0.4 is 0 Å². The average Bonchev–Trinajstić information content (AvgIpc) is 3.50. The number of nitrogens with zero attached hydrogens (tertiary/aromatic N) is 5. The lowest BCUT2D eigenvalue weighted by atomic mass is 10.1. The fraction of sp³-hybridized carbons (Fsp3) is 0.458. The van der Waals surface area contributed by atoms with Crippen molar-refractivity contribution in [2.45, 2.75) is 32.1 Å². The number of para-hydroxylation sites is 2. The van der Waals surface area contributed by atoms with Gasteiger partial charge in [-0.15, -0.1) is 0 Å². The van der Waals surface area contributed by atoms with E-state index in [9.17, 15) is 9.59 Å². The number of hydrogen-bond acceptors (Lipinski definition) is 6. The second-order valence-corrected chi connectivity index (χ2v) is 8.66. The smallest absolute Gasteiger partial charge is 0.257 e. The van der Waals surface area contributed by atoms with E-state index in [2.05, 4.69) is 19.9 Å². The second kappa shape index (κ2) is 9.27. The molecule has 0 spiro atoms. The van der Waals surface area contributed by atoms with Crippen molar-refractivity contribution in [1.82, 2.24) is 29.7 Å². The summed E-state index contributed by atoms with van der Waals surface area (Å²) in [6.07, 6.45) is 3.47. The molecular weight excluding hydrogens is 420 g/mol. The Balaban J connectivity index is 1.18. The van der Waals surface area contributed by atoms with E-state index in [1.807, 2.05) is 36.1 Å². The Morgan fingerprint density at radius 2 is 1.94 bits per heavy atom. The van der Waals surface area contributed by atoms with Crippen molar-refractivity contribution in [2.24, 2.45) is 0 Å². The highest BCUT2D eigenvalue weighted by Gasteiger charge is 2.30. The van der Waals surface area contributed by atoms with Crippen molar-refractivity contribution in [2.75, 3.05) is 39.4 Å². The average molecular weight is 449 g/mol. The minimum atomic E-state index is -0.0452. The summed E-state index contributed by atoms with van der Waals surface area (Å²) in [6.45, 7) is 5.46. The quantitative estimate of drug-likeness (QED) is 0.641. The largest absolute Gasteiger partial charge is 0.378 e. The van der Waals surface area contributed by atoms with Crippen LogP contribution in [-0.2, 0) is 16.0 Å². The molecule has 5 rings (SSSR count). The maximum Gasteiger partial charge on any atom is 0.257 e. The number of aryl methyl sites for hydroxylation is 2. The number of amides is 2. The van der Waals surface area contributed by atoms with Gasteiger partial charge in [0.15, 0.2) is 0 Å². The van der Waals surface area contributed by atoms with Crippen molar-refractivity contribution in [1.29, 1.82) is 0 Å². The molecule has 172 valence electrons. The van der Waals surface area contributed by atoms with Gasteiger partial charge < -0.3 is 19.5 Å². The SMILES string of the molecule is Cc1nc(C2CCN(C(=O)CCc3nc4ccccc4[nH]3)C2)ncc1C(=O)N1CCOCC1. The molecule has 4 heterocycles. The number of rotatable bonds is 5. The molecule has 0 aliphatic carbocycles. The number of aromatic nitrogens is 4. The van der Waals surface area contributed by atoms with Crippen molar-refractivity contribution in [3.63, 3.8) is 0 Å². The van der Waals surface area contributed by atoms with Gasteiger partial charge in [0.2, 0.25) is 5.91 Å². The maximum atomic E-state index is 12.8. The summed E-state index contributed by atoms with van der Waals surface area (Å²) in [5.41, 5.74) is 3.14. The summed E-state index contributed by atoms with van der Waals surface area (Å²) in [4.78, 5) is 46.2. The number of likely N-dealkylation sites (tertiary alicyclic amines) is 1. The van der Waals surface area contributed by atoms with Gasteiger partial charge in [0.05, 0.1) is 35.5 Å². The first-order valence-corrected chi connectivity index (χ1v) is 11.5. The molecule has 2 aliphatic heterocycles. The molecule has 9 heteroatoms. The number of morpholine rings is 1. The number of H-pyrrole nitrogens is 1. The molecule has 3 aromatic rings. The lowest BCUT2D eigenvalue weighted by Gasteiger charge is -2.27. The van der Waals surface area contributed by atoms with Crippen LogP contribution in [0.3, 0.4) is 0 Å². The van der Waals surface area contributed by atoms with Crippen LogP contribution in [0, 0.1) is 6.92 Å². The number of carbonyl (C=O) groups is 2. The maximum absolute atomic E-state index is 12.8. The molecule has 9 nitrogen and oxygen atoms in total. The zero-order valence-corrected chi connectivity index (χ0v) is 18.8. The zero-order valence-electron chi connectivity index (χ0n) is 18.8. The molecule has 2 saturated heterocycles. The van der Waals surface area contributed by atoms with Crippen LogP contribution in [0.25, 0.3) is 11.0 Å². The summed E-state index contributed by atoms with van der Waals surface area (Å²) >= 11 is 0. The van der Waals surface area contributed by atoms with Crippen molar-refractivity contribution >= 4 is 22.8 Å². The Morgan fingerprint density at radius 1 is 1.12 bits per heavy atom. The second-order valence-electron chi connectivity index (χ2n) is 8.66. The number of benzene rings is 1. The molecule has 1 aromatic carbocycles. The number of aromatic amines is 1. The van der Waals surface area contributed by atoms with E-state index in [-0.39, 0.29) is 17.7 Å². The predicted octanol–water partition coefficient (Wildman–Crippen LogP) is 2.08. The van der Waals surface area contributed by atoms with Crippen molar-refractivity contribution in [3.8, 4) is 0 Å². The van der Waals surface area contributed by atoms with Gasteiger partial charge in [0.1, 0.15) is 11.6 Å². The highest BCUT2D eigenvalue weighted by atomic mass is 16.5. The van der Waals surface area contributed by atoms with Gasteiger partial charge in [0, 0.05) is 51.1 Å². The van der Waals surface area contributed by atoms with Gasteiger partial charge >= 0.3 is 0 Å². The first-order valence-electron chi connectivity index (χ1n) is 11.5. The van der Waals surface area contributed by atoms with Crippen LogP contribution >= 0.6 is 0 Å². The fourth-order valence-electron chi connectivity index (χ4n) is 4.53. The van der Waals surface area contributed by atoms with Gasteiger partial charge in [-0.05, 0) is 25.5 Å². The van der Waals surface area contributed by atoms with Crippen LogP contribution in [0.4, 0.5) is 0 Å². The van der Waals surface area contributed by atoms with E-state index < -0.39 is 0 Å². The van der Waals surface area contributed by atoms with Gasteiger partial charge in [-0.2, -0.15) is 0 Å². The van der Waals surface area contributed by atoms with E-state index >= 15 is 0 Å². The van der Waals surface area contributed by atoms with E-state index in [0.717, 1.165) is 23.3 Å². The number of hydrogen-bond donors (Lipinski definition) is 1. The normalized spacial score (nSPS) is 18.8. The zero-order chi connectivity index (χ0) is 22.8. The third-order valence-corrected chi connectivity index (χ3v) is 6.45. The lowest BCUT2D eigenvalue weighted by molar-refractivity contribution is -0.130. The Hall–Kier alpha value is -3.33. The third-order valence-electron chi connectivity index (χ3n) is 6.45. The van der Waals surface area contributed by atoms with Gasteiger partial charge in [-0.1, -0.05) is 12.1 Å². The Labute approximate surface area is 192 Å². The van der Waals surface area contributed by atoms with Gasteiger partial charge in [-0.25, -0.2) is 15.0 Å². The molecule has 2 aliphatic rings. The molecule has 2 aromatic heterocycles. The molecule has 2 amide bonds. The third kappa shape index (κ3) is 4.59. The minimum Gasteiger partial charge on any atom is -0.378 e. The monoisotopic (exact) mass is 448 g/mol. The summed E-state index contributed by atoms with van der Waals surface area (Å²) < 4.78 is 5.33. The molecule has 0 saturated carbocycles. The molecule has 0 bridgehead atoms. The van der Waals surface area contributed by atoms with Crippen molar-refractivity contribution < 1.29 is 14.3 Å². The van der Waals surface area contributed by atoms with E-state index in [0.29, 0.717) is 69.3 Å². The minimum absolute atomic E-state index is 0.0452. The molecule has 0 radical (unpaired) electrons. The van der Waals surface area contributed by atoms with E-state index in [1.165, 1.54) is 0 Å². The molecule has 1 unspecified atom stereocenters. The molecule has 2 fully saturated rings. The van der Waals surface area contributed by atoms with Crippen LogP contribution in [0.15, 0.2) is 30.5 Å². The van der Waals surface area contributed by atoms with E-state index in [4.69, 9.17) is 4.74 Å². The first kappa shape index (κ1) is 21.5. The van der Waals surface area contributed by atoms with Gasteiger partial charge in [-0.3, -0.25) is 9.59 Å². The van der Waals surface area contributed by atoms with Gasteiger partial charge in [0.25, 0.3) is 5.91 Å². The first-order chi connectivity index (χ1) is 16.1. The number of fused-ring (bicyclic) bond motifs is 1. The molecule has 33 heavy (non-hydrogen) atoms. The number of ether oxygens (including phenoxy) is 1. The van der Waals surface area contributed by atoms with E-state index in [1.54, 1.807) is 11.1 Å². The highest BCUT2D eigenvalue weighted by molar-refractivity contribution is 5.95. The summed E-state index contributed by atoms with van der Waals surface area (Å²) in [5.74, 6) is 1.70. The standard InChI is InChI=1S/C24H28N6O3/c1-16-18(24(32)29-10-12-33-13-11-29)14-25-23(26-16)17-8-9-30(15-17)22(31)7-6-21-27-19-4-2-3-5-20(19)28-21/h2-5,14,17H,6-13,15H2,1H3,(H,27,28). The number of imidazole rings is 1. The summed E-state index contributed by atoms with van der Waals surface area (Å²) in [6, 6.07) is 7.87. The number of carbonyl (C=O) groups excluding carboxylic acids is 2. The van der Waals surface area contributed by atoms with Crippen molar-refractivity contribution in [3.05, 3.63) is 53.4 Å². The van der Waals surface area contributed by atoms with Crippen LogP contribution in [0.2, 0.25) is 0 Å².